The predicted molar refractivity (Wildman–Crippen MR) is 74.8 cm³/mol. The van der Waals surface area contributed by atoms with Crippen molar-refractivity contribution in [3.63, 3.8) is 0 Å². The summed E-state index contributed by atoms with van der Waals surface area (Å²) in [6.07, 6.45) is 1.96. The van der Waals surface area contributed by atoms with E-state index in [1.165, 1.54) is 6.07 Å². The standard InChI is InChI=1S/C13H18ClNO3S/c1-10-8-11(6-7-18-10)9-15-19(16,17)13-5-3-2-4-12(13)14/h2-5,10-11,15H,6-9H2,1H3/t10-,11+/m1/s1. The van der Waals surface area contributed by atoms with E-state index in [4.69, 9.17) is 16.3 Å². The quantitative estimate of drug-likeness (QED) is 0.929. The van der Waals surface area contributed by atoms with E-state index >= 15 is 0 Å². The first kappa shape index (κ1) is 14.8. The number of nitrogens with one attached hydrogen (secondary N) is 1. The van der Waals surface area contributed by atoms with Crippen LogP contribution in [0.2, 0.25) is 5.02 Å². The van der Waals surface area contributed by atoms with Gasteiger partial charge in [-0.05, 0) is 37.8 Å². The highest BCUT2D eigenvalue weighted by Gasteiger charge is 2.23. The third-order valence-electron chi connectivity index (χ3n) is 3.28. The van der Waals surface area contributed by atoms with Crippen molar-refractivity contribution in [3.05, 3.63) is 29.3 Å². The summed E-state index contributed by atoms with van der Waals surface area (Å²) in [5.41, 5.74) is 0. The molecule has 0 bridgehead atoms. The van der Waals surface area contributed by atoms with Crippen LogP contribution in [-0.2, 0) is 14.8 Å². The van der Waals surface area contributed by atoms with Gasteiger partial charge < -0.3 is 4.74 Å². The molecule has 1 heterocycles. The summed E-state index contributed by atoms with van der Waals surface area (Å²) in [6.45, 7) is 3.13. The van der Waals surface area contributed by atoms with E-state index in [9.17, 15) is 8.42 Å². The summed E-state index contributed by atoms with van der Waals surface area (Å²) in [7, 11) is -3.53. The Morgan fingerprint density at radius 3 is 2.84 bits per heavy atom. The van der Waals surface area contributed by atoms with Gasteiger partial charge in [0, 0.05) is 13.2 Å². The van der Waals surface area contributed by atoms with Gasteiger partial charge in [0.25, 0.3) is 0 Å². The normalized spacial score (nSPS) is 24.3. The molecule has 1 saturated heterocycles. The fourth-order valence-corrected chi connectivity index (χ4v) is 3.88. The molecule has 19 heavy (non-hydrogen) atoms. The lowest BCUT2D eigenvalue weighted by molar-refractivity contribution is 0.00397. The SMILES string of the molecule is C[C@@H]1C[C@@H](CNS(=O)(=O)c2ccccc2Cl)CCO1. The number of halogens is 1. The molecular formula is C13H18ClNO3S. The molecule has 0 amide bonds. The molecule has 1 N–H and O–H groups in total. The largest absolute Gasteiger partial charge is 0.378 e. The zero-order chi connectivity index (χ0) is 13.9. The third kappa shape index (κ3) is 3.92. The third-order valence-corrected chi connectivity index (χ3v) is 5.21. The summed E-state index contributed by atoms with van der Waals surface area (Å²) in [4.78, 5) is 0.136. The Labute approximate surface area is 119 Å². The summed E-state index contributed by atoms with van der Waals surface area (Å²) >= 11 is 5.91. The highest BCUT2D eigenvalue weighted by Crippen LogP contribution is 2.22. The molecule has 0 saturated carbocycles. The molecule has 0 aliphatic carbocycles. The van der Waals surface area contributed by atoms with Crippen molar-refractivity contribution in [1.29, 1.82) is 0 Å². The minimum atomic E-state index is -3.53. The molecular weight excluding hydrogens is 286 g/mol. The molecule has 1 aliphatic rings. The Hall–Kier alpha value is -0.620. The number of benzene rings is 1. The van der Waals surface area contributed by atoms with E-state index in [0.717, 1.165) is 12.8 Å². The van der Waals surface area contributed by atoms with Gasteiger partial charge in [0.2, 0.25) is 10.0 Å². The highest BCUT2D eigenvalue weighted by atomic mass is 35.5. The van der Waals surface area contributed by atoms with Crippen LogP contribution in [0.3, 0.4) is 0 Å². The lowest BCUT2D eigenvalue weighted by Crippen LogP contribution is -2.34. The topological polar surface area (TPSA) is 55.4 Å². The van der Waals surface area contributed by atoms with Crippen molar-refractivity contribution in [2.75, 3.05) is 13.2 Å². The first-order chi connectivity index (χ1) is 8.99. The van der Waals surface area contributed by atoms with Gasteiger partial charge in [-0.3, -0.25) is 0 Å². The lowest BCUT2D eigenvalue weighted by atomic mass is 9.97. The van der Waals surface area contributed by atoms with Crippen LogP contribution in [0.25, 0.3) is 0 Å². The molecule has 1 aliphatic heterocycles. The van der Waals surface area contributed by atoms with Crippen LogP contribution >= 0.6 is 11.6 Å². The molecule has 1 aromatic carbocycles. The zero-order valence-corrected chi connectivity index (χ0v) is 12.4. The molecule has 0 unspecified atom stereocenters. The summed E-state index contributed by atoms with van der Waals surface area (Å²) < 4.78 is 32.4. The van der Waals surface area contributed by atoms with Gasteiger partial charge >= 0.3 is 0 Å². The maximum absolute atomic E-state index is 12.2. The monoisotopic (exact) mass is 303 g/mol. The van der Waals surface area contributed by atoms with E-state index in [1.807, 2.05) is 6.92 Å². The first-order valence-electron chi connectivity index (χ1n) is 6.35. The van der Waals surface area contributed by atoms with Gasteiger partial charge in [0.15, 0.2) is 0 Å². The zero-order valence-electron chi connectivity index (χ0n) is 10.8. The molecule has 4 nitrogen and oxygen atoms in total. The Balaban J connectivity index is 2.00. The fourth-order valence-electron chi connectivity index (χ4n) is 2.24. The van der Waals surface area contributed by atoms with E-state index in [1.54, 1.807) is 18.2 Å². The van der Waals surface area contributed by atoms with Gasteiger partial charge in [-0.25, -0.2) is 13.1 Å². The molecule has 1 aromatic rings. The Morgan fingerprint density at radius 1 is 1.42 bits per heavy atom. The van der Waals surface area contributed by atoms with Crippen molar-refractivity contribution in [2.24, 2.45) is 5.92 Å². The summed E-state index contributed by atoms with van der Waals surface area (Å²) in [5, 5.41) is 0.246. The van der Waals surface area contributed by atoms with Gasteiger partial charge in [0.1, 0.15) is 4.90 Å². The fraction of sp³-hybridized carbons (Fsp3) is 0.538. The minimum absolute atomic E-state index is 0.136. The second-order valence-electron chi connectivity index (χ2n) is 4.85. The number of sulfonamides is 1. The molecule has 2 atom stereocenters. The second-order valence-corrected chi connectivity index (χ2v) is 7.00. The van der Waals surface area contributed by atoms with E-state index < -0.39 is 10.0 Å². The Bertz CT molecular complexity index is 532. The molecule has 6 heteroatoms. The molecule has 0 spiro atoms. The second kappa shape index (κ2) is 6.22. The molecule has 1 fully saturated rings. The van der Waals surface area contributed by atoms with Crippen molar-refractivity contribution in [1.82, 2.24) is 4.72 Å². The van der Waals surface area contributed by atoms with Crippen LogP contribution in [0.15, 0.2) is 29.2 Å². The first-order valence-corrected chi connectivity index (χ1v) is 8.21. The van der Waals surface area contributed by atoms with Gasteiger partial charge in [-0.1, -0.05) is 23.7 Å². The number of ether oxygens (including phenoxy) is 1. The summed E-state index contributed by atoms with van der Waals surface area (Å²) in [5.74, 6) is 0.320. The van der Waals surface area contributed by atoms with Gasteiger partial charge in [0.05, 0.1) is 11.1 Å². The smallest absolute Gasteiger partial charge is 0.242 e. The highest BCUT2D eigenvalue weighted by molar-refractivity contribution is 7.89. The number of hydrogen-bond acceptors (Lipinski definition) is 3. The van der Waals surface area contributed by atoms with Crippen LogP contribution in [0.4, 0.5) is 0 Å². The Morgan fingerprint density at radius 2 is 2.16 bits per heavy atom. The molecule has 106 valence electrons. The maximum atomic E-state index is 12.2. The van der Waals surface area contributed by atoms with Crippen molar-refractivity contribution < 1.29 is 13.2 Å². The average Bonchev–Trinajstić information content (AvgIpc) is 2.37. The molecule has 0 aromatic heterocycles. The van der Waals surface area contributed by atoms with Crippen LogP contribution in [0.5, 0.6) is 0 Å². The molecule has 2 rings (SSSR count). The van der Waals surface area contributed by atoms with E-state index in [2.05, 4.69) is 4.72 Å². The minimum Gasteiger partial charge on any atom is -0.378 e. The predicted octanol–water partition coefficient (Wildman–Crippen LogP) is 2.43. The van der Waals surface area contributed by atoms with Gasteiger partial charge in [-0.15, -0.1) is 0 Å². The maximum Gasteiger partial charge on any atom is 0.242 e. The van der Waals surface area contributed by atoms with Crippen molar-refractivity contribution >= 4 is 21.6 Å². The van der Waals surface area contributed by atoms with Crippen molar-refractivity contribution in [3.8, 4) is 0 Å². The van der Waals surface area contributed by atoms with Crippen LogP contribution in [-0.4, -0.2) is 27.7 Å². The van der Waals surface area contributed by atoms with E-state index in [-0.39, 0.29) is 16.0 Å². The Kier molecular flexibility index (Phi) is 4.84. The van der Waals surface area contributed by atoms with Crippen LogP contribution in [0.1, 0.15) is 19.8 Å². The van der Waals surface area contributed by atoms with Crippen molar-refractivity contribution in [2.45, 2.75) is 30.8 Å². The summed E-state index contributed by atoms with van der Waals surface area (Å²) in [6, 6.07) is 6.46. The van der Waals surface area contributed by atoms with Gasteiger partial charge in [-0.2, -0.15) is 0 Å². The lowest BCUT2D eigenvalue weighted by Gasteiger charge is -2.27. The number of rotatable bonds is 4. The van der Waals surface area contributed by atoms with Crippen LogP contribution < -0.4 is 4.72 Å². The van der Waals surface area contributed by atoms with Crippen LogP contribution in [0, 0.1) is 5.92 Å². The number of hydrogen-bond donors (Lipinski definition) is 1. The average molecular weight is 304 g/mol. The molecule has 0 radical (unpaired) electrons. The van der Waals surface area contributed by atoms with E-state index in [0.29, 0.717) is 19.1 Å².